The third kappa shape index (κ3) is 4.82. The summed E-state index contributed by atoms with van der Waals surface area (Å²) in [6, 6.07) is 14.3. The molecule has 0 fully saturated rings. The zero-order chi connectivity index (χ0) is 18.4. The Balaban J connectivity index is 1.70. The lowest BCUT2D eigenvalue weighted by Crippen LogP contribution is -2.10. The first-order valence-electron chi connectivity index (χ1n) is 8.62. The van der Waals surface area contributed by atoms with E-state index < -0.39 is 0 Å². The minimum atomic E-state index is 0.532. The molecule has 0 saturated carbocycles. The van der Waals surface area contributed by atoms with Gasteiger partial charge in [0.05, 0.1) is 0 Å². The van der Waals surface area contributed by atoms with Crippen molar-refractivity contribution in [3.8, 4) is 5.75 Å². The number of anilines is 1. The van der Waals surface area contributed by atoms with Crippen LogP contribution in [-0.4, -0.2) is 20.2 Å². The molecule has 0 amide bonds. The van der Waals surface area contributed by atoms with Crippen LogP contribution in [0.4, 0.5) is 5.95 Å². The monoisotopic (exact) mass is 415 g/mol. The first kappa shape index (κ1) is 18.4. The Morgan fingerprint density at radius 3 is 2.88 bits per heavy atom. The molecule has 0 aliphatic heterocycles. The fourth-order valence-corrected chi connectivity index (χ4v) is 3.07. The Kier molecular flexibility index (Phi) is 6.22. The third-order valence-electron chi connectivity index (χ3n) is 3.90. The van der Waals surface area contributed by atoms with E-state index >= 15 is 0 Å². The van der Waals surface area contributed by atoms with Gasteiger partial charge < -0.3 is 10.1 Å². The Morgan fingerprint density at radius 2 is 2.08 bits per heavy atom. The highest BCUT2D eigenvalue weighted by atomic mass is 79.9. The largest absolute Gasteiger partial charge is 0.489 e. The molecule has 0 bridgehead atoms. The second-order valence-electron chi connectivity index (χ2n) is 6.11. The van der Waals surface area contributed by atoms with Gasteiger partial charge in [-0.15, -0.1) is 0 Å². The van der Waals surface area contributed by atoms with Crippen LogP contribution in [0, 0.1) is 6.92 Å². The van der Waals surface area contributed by atoms with Gasteiger partial charge in [0.25, 0.3) is 0 Å². The standard InChI is InChI=1S/C19H22BrN5O/c1-3-9-25-19(22-23-24-25)21-12-16-11-17(20)7-8-18(16)26-13-15-6-4-5-14(2)10-15/h4-8,10-11H,3,9,12-13H2,1-2H3,(H,21,22,24). The van der Waals surface area contributed by atoms with Crippen LogP contribution in [0.25, 0.3) is 0 Å². The van der Waals surface area contributed by atoms with Crippen LogP contribution < -0.4 is 10.1 Å². The molecule has 0 spiro atoms. The molecule has 1 heterocycles. The maximum Gasteiger partial charge on any atom is 0.243 e. The van der Waals surface area contributed by atoms with Gasteiger partial charge in [0.2, 0.25) is 5.95 Å². The minimum Gasteiger partial charge on any atom is -0.489 e. The van der Waals surface area contributed by atoms with E-state index in [0.717, 1.165) is 34.3 Å². The second kappa shape index (κ2) is 8.80. The molecule has 0 aliphatic carbocycles. The highest BCUT2D eigenvalue weighted by molar-refractivity contribution is 9.10. The molecule has 3 aromatic rings. The maximum atomic E-state index is 6.06. The molecule has 3 rings (SSSR count). The maximum absolute atomic E-state index is 6.06. The van der Waals surface area contributed by atoms with Gasteiger partial charge in [-0.25, -0.2) is 4.68 Å². The number of nitrogens with one attached hydrogen (secondary N) is 1. The van der Waals surface area contributed by atoms with Crippen LogP contribution in [0.5, 0.6) is 5.75 Å². The summed E-state index contributed by atoms with van der Waals surface area (Å²) in [6.45, 7) is 6.07. The van der Waals surface area contributed by atoms with E-state index in [2.05, 4.69) is 68.8 Å². The molecule has 1 N–H and O–H groups in total. The van der Waals surface area contributed by atoms with E-state index in [0.29, 0.717) is 19.1 Å². The predicted molar refractivity (Wildman–Crippen MR) is 105 cm³/mol. The topological polar surface area (TPSA) is 64.9 Å². The molecule has 0 saturated heterocycles. The molecule has 2 aromatic carbocycles. The van der Waals surface area contributed by atoms with E-state index in [9.17, 15) is 0 Å². The molecule has 6 nitrogen and oxygen atoms in total. The van der Waals surface area contributed by atoms with Crippen molar-refractivity contribution < 1.29 is 4.74 Å². The van der Waals surface area contributed by atoms with Crippen molar-refractivity contribution in [2.75, 3.05) is 5.32 Å². The highest BCUT2D eigenvalue weighted by Crippen LogP contribution is 2.25. The van der Waals surface area contributed by atoms with Crippen molar-refractivity contribution in [3.05, 3.63) is 63.6 Å². The minimum absolute atomic E-state index is 0.532. The average molecular weight is 416 g/mol. The van der Waals surface area contributed by atoms with Gasteiger partial charge in [0, 0.05) is 23.1 Å². The zero-order valence-corrected chi connectivity index (χ0v) is 16.5. The van der Waals surface area contributed by atoms with E-state index in [1.807, 2.05) is 24.3 Å². The van der Waals surface area contributed by atoms with Crippen LogP contribution in [0.3, 0.4) is 0 Å². The molecule has 7 heteroatoms. The SMILES string of the molecule is CCCn1nnnc1NCc1cc(Br)ccc1OCc1cccc(C)c1. The van der Waals surface area contributed by atoms with Crippen LogP contribution in [0.1, 0.15) is 30.0 Å². The normalized spacial score (nSPS) is 10.7. The average Bonchev–Trinajstić information content (AvgIpc) is 3.07. The molecule has 1 aromatic heterocycles. The summed E-state index contributed by atoms with van der Waals surface area (Å²) in [5.41, 5.74) is 3.42. The first-order chi connectivity index (χ1) is 12.7. The summed E-state index contributed by atoms with van der Waals surface area (Å²) < 4.78 is 8.84. The fourth-order valence-electron chi connectivity index (χ4n) is 2.66. The summed E-state index contributed by atoms with van der Waals surface area (Å²) in [5.74, 6) is 1.51. The van der Waals surface area contributed by atoms with Gasteiger partial charge in [-0.2, -0.15) is 0 Å². The summed E-state index contributed by atoms with van der Waals surface area (Å²) in [6.07, 6.45) is 0.974. The van der Waals surface area contributed by atoms with Gasteiger partial charge >= 0.3 is 0 Å². The molecule has 0 atom stereocenters. The van der Waals surface area contributed by atoms with Crippen LogP contribution in [0.15, 0.2) is 46.9 Å². The molecular weight excluding hydrogens is 394 g/mol. The lowest BCUT2D eigenvalue weighted by atomic mass is 10.1. The van der Waals surface area contributed by atoms with Crippen molar-refractivity contribution in [1.82, 2.24) is 20.2 Å². The van der Waals surface area contributed by atoms with Gasteiger partial charge in [-0.05, 0) is 47.5 Å². The quantitative estimate of drug-likeness (QED) is 0.592. The third-order valence-corrected chi connectivity index (χ3v) is 4.40. The summed E-state index contributed by atoms with van der Waals surface area (Å²) in [4.78, 5) is 0. The van der Waals surface area contributed by atoms with Crippen LogP contribution >= 0.6 is 15.9 Å². The second-order valence-corrected chi connectivity index (χ2v) is 7.02. The molecular formula is C19H22BrN5O. The smallest absolute Gasteiger partial charge is 0.243 e. The van der Waals surface area contributed by atoms with E-state index in [1.54, 1.807) is 4.68 Å². The number of nitrogens with zero attached hydrogens (tertiary/aromatic N) is 4. The number of tetrazole rings is 1. The number of rotatable bonds is 8. The van der Waals surface area contributed by atoms with Crippen LogP contribution in [-0.2, 0) is 19.7 Å². The van der Waals surface area contributed by atoms with E-state index in [1.165, 1.54) is 5.56 Å². The van der Waals surface area contributed by atoms with Crippen molar-refractivity contribution >= 4 is 21.9 Å². The van der Waals surface area contributed by atoms with Crippen molar-refractivity contribution in [2.45, 2.75) is 40.0 Å². The number of ether oxygens (including phenoxy) is 1. The highest BCUT2D eigenvalue weighted by Gasteiger charge is 2.09. The Labute approximate surface area is 161 Å². The van der Waals surface area contributed by atoms with Crippen molar-refractivity contribution in [2.24, 2.45) is 0 Å². The lowest BCUT2D eigenvalue weighted by Gasteiger charge is -2.13. The summed E-state index contributed by atoms with van der Waals surface area (Å²) in [5, 5.41) is 15.1. The van der Waals surface area contributed by atoms with Crippen molar-refractivity contribution in [3.63, 3.8) is 0 Å². The van der Waals surface area contributed by atoms with Gasteiger partial charge in [0.1, 0.15) is 12.4 Å². The van der Waals surface area contributed by atoms with Crippen molar-refractivity contribution in [1.29, 1.82) is 0 Å². The molecule has 0 aliphatic rings. The van der Waals surface area contributed by atoms with Gasteiger partial charge in [-0.3, -0.25) is 0 Å². The number of halogens is 1. The fraction of sp³-hybridized carbons (Fsp3) is 0.316. The molecule has 0 unspecified atom stereocenters. The molecule has 136 valence electrons. The van der Waals surface area contributed by atoms with E-state index in [-0.39, 0.29) is 0 Å². The number of hydrogen-bond donors (Lipinski definition) is 1. The Bertz CT molecular complexity index is 865. The number of aryl methyl sites for hydroxylation is 2. The van der Waals surface area contributed by atoms with E-state index in [4.69, 9.17) is 4.74 Å². The number of hydrogen-bond acceptors (Lipinski definition) is 5. The number of benzene rings is 2. The summed E-state index contributed by atoms with van der Waals surface area (Å²) in [7, 11) is 0. The predicted octanol–water partition coefficient (Wildman–Crippen LogP) is 4.35. The van der Waals surface area contributed by atoms with Crippen LogP contribution in [0.2, 0.25) is 0 Å². The Hall–Kier alpha value is -2.41. The first-order valence-corrected chi connectivity index (χ1v) is 9.42. The zero-order valence-electron chi connectivity index (χ0n) is 14.9. The Morgan fingerprint density at radius 1 is 1.19 bits per heavy atom. The molecule has 0 radical (unpaired) electrons. The van der Waals surface area contributed by atoms with Gasteiger partial charge in [0.15, 0.2) is 0 Å². The lowest BCUT2D eigenvalue weighted by molar-refractivity contribution is 0.303. The molecule has 26 heavy (non-hydrogen) atoms. The summed E-state index contributed by atoms with van der Waals surface area (Å²) >= 11 is 3.53. The number of aromatic nitrogens is 4. The van der Waals surface area contributed by atoms with Gasteiger partial charge in [-0.1, -0.05) is 57.8 Å².